The standard InChI is InChI=1S/C19H25NO3S/c1-14(15-9-7-6-8-10-15)20-24(21,22)16-11-12-18(23-5)17(13-16)19(2,3)4/h6-14,20H,1-5H3. The smallest absolute Gasteiger partial charge is 0.241 e. The quantitative estimate of drug-likeness (QED) is 0.888. The van der Waals surface area contributed by atoms with Gasteiger partial charge in [-0.15, -0.1) is 0 Å². The van der Waals surface area contributed by atoms with Crippen LogP contribution in [0.1, 0.15) is 44.9 Å². The van der Waals surface area contributed by atoms with E-state index < -0.39 is 10.0 Å². The molecule has 0 aliphatic heterocycles. The summed E-state index contributed by atoms with van der Waals surface area (Å²) in [5.74, 6) is 0.692. The van der Waals surface area contributed by atoms with E-state index in [1.54, 1.807) is 25.3 Å². The van der Waals surface area contributed by atoms with Crippen LogP contribution in [0, 0.1) is 0 Å². The molecule has 0 saturated heterocycles. The Labute approximate surface area is 144 Å². The second-order valence-corrected chi connectivity index (χ2v) is 8.58. The molecule has 4 nitrogen and oxygen atoms in total. The van der Waals surface area contributed by atoms with E-state index in [1.807, 2.05) is 58.0 Å². The average Bonchev–Trinajstić information content (AvgIpc) is 2.53. The van der Waals surface area contributed by atoms with Gasteiger partial charge >= 0.3 is 0 Å². The van der Waals surface area contributed by atoms with E-state index >= 15 is 0 Å². The predicted molar refractivity (Wildman–Crippen MR) is 96.9 cm³/mol. The van der Waals surface area contributed by atoms with Gasteiger partial charge in [-0.1, -0.05) is 51.1 Å². The van der Waals surface area contributed by atoms with Crippen molar-refractivity contribution < 1.29 is 13.2 Å². The highest BCUT2D eigenvalue weighted by atomic mass is 32.2. The Morgan fingerprint density at radius 3 is 2.21 bits per heavy atom. The molecule has 0 radical (unpaired) electrons. The molecule has 0 aromatic heterocycles. The van der Waals surface area contributed by atoms with Crippen LogP contribution in [0.3, 0.4) is 0 Å². The van der Waals surface area contributed by atoms with Crippen molar-refractivity contribution in [1.82, 2.24) is 4.72 Å². The first-order valence-corrected chi connectivity index (χ1v) is 9.39. The first-order valence-electron chi connectivity index (χ1n) is 7.91. The van der Waals surface area contributed by atoms with Crippen molar-refractivity contribution in [2.75, 3.05) is 7.11 Å². The molecule has 0 bridgehead atoms. The Kier molecular flexibility index (Phi) is 5.35. The van der Waals surface area contributed by atoms with E-state index in [2.05, 4.69) is 4.72 Å². The molecule has 0 aliphatic carbocycles. The summed E-state index contributed by atoms with van der Waals surface area (Å²) >= 11 is 0. The summed E-state index contributed by atoms with van der Waals surface area (Å²) in [6.45, 7) is 7.92. The summed E-state index contributed by atoms with van der Waals surface area (Å²) < 4.78 is 33.6. The van der Waals surface area contributed by atoms with Crippen molar-refractivity contribution in [1.29, 1.82) is 0 Å². The Balaban J connectivity index is 2.36. The molecule has 0 amide bonds. The van der Waals surface area contributed by atoms with E-state index in [0.29, 0.717) is 5.75 Å². The fourth-order valence-electron chi connectivity index (χ4n) is 2.55. The molecule has 2 rings (SSSR count). The maximum absolute atomic E-state index is 12.7. The van der Waals surface area contributed by atoms with Crippen LogP contribution in [-0.4, -0.2) is 15.5 Å². The van der Waals surface area contributed by atoms with Crippen LogP contribution in [0.25, 0.3) is 0 Å². The van der Waals surface area contributed by atoms with Crippen molar-refractivity contribution in [2.24, 2.45) is 0 Å². The maximum atomic E-state index is 12.7. The summed E-state index contributed by atoms with van der Waals surface area (Å²) in [7, 11) is -2.03. The van der Waals surface area contributed by atoms with Gasteiger partial charge in [0, 0.05) is 11.6 Å². The largest absolute Gasteiger partial charge is 0.496 e. The maximum Gasteiger partial charge on any atom is 0.241 e. The number of rotatable bonds is 5. The van der Waals surface area contributed by atoms with Gasteiger partial charge in [-0.3, -0.25) is 0 Å². The van der Waals surface area contributed by atoms with Gasteiger partial charge in [-0.2, -0.15) is 0 Å². The number of sulfonamides is 1. The molecule has 2 aromatic rings. The second kappa shape index (κ2) is 6.95. The molecule has 24 heavy (non-hydrogen) atoms. The second-order valence-electron chi connectivity index (χ2n) is 6.87. The molecular weight excluding hydrogens is 322 g/mol. The van der Waals surface area contributed by atoms with Crippen molar-refractivity contribution in [3.8, 4) is 5.75 Å². The Morgan fingerprint density at radius 2 is 1.67 bits per heavy atom. The third-order valence-corrected chi connectivity index (χ3v) is 5.46. The molecule has 0 heterocycles. The number of methoxy groups -OCH3 is 1. The minimum absolute atomic E-state index is 0.220. The zero-order chi connectivity index (χ0) is 18.0. The van der Waals surface area contributed by atoms with Crippen LogP contribution in [0.2, 0.25) is 0 Å². The van der Waals surface area contributed by atoms with Crippen LogP contribution in [0.15, 0.2) is 53.4 Å². The van der Waals surface area contributed by atoms with Crippen LogP contribution >= 0.6 is 0 Å². The van der Waals surface area contributed by atoms with Gasteiger partial charge < -0.3 is 4.74 Å². The Hall–Kier alpha value is -1.85. The zero-order valence-electron chi connectivity index (χ0n) is 14.8. The molecule has 0 saturated carbocycles. The molecule has 1 unspecified atom stereocenters. The number of ether oxygens (including phenoxy) is 1. The van der Waals surface area contributed by atoms with E-state index in [0.717, 1.165) is 11.1 Å². The lowest BCUT2D eigenvalue weighted by atomic mass is 9.86. The first kappa shape index (κ1) is 18.5. The first-order chi connectivity index (χ1) is 11.1. The van der Waals surface area contributed by atoms with Crippen molar-refractivity contribution in [2.45, 2.75) is 44.0 Å². The van der Waals surface area contributed by atoms with Crippen molar-refractivity contribution in [3.05, 3.63) is 59.7 Å². The number of nitrogens with one attached hydrogen (secondary N) is 1. The predicted octanol–water partition coefficient (Wildman–Crippen LogP) is 4.03. The van der Waals surface area contributed by atoms with Crippen molar-refractivity contribution >= 4 is 10.0 Å². The molecule has 0 aliphatic rings. The fourth-order valence-corrected chi connectivity index (χ4v) is 3.81. The van der Waals surface area contributed by atoms with Gasteiger partial charge in [0.2, 0.25) is 10.0 Å². The highest BCUT2D eigenvalue weighted by Crippen LogP contribution is 2.33. The lowest BCUT2D eigenvalue weighted by molar-refractivity contribution is 0.397. The van der Waals surface area contributed by atoms with E-state index in [1.165, 1.54) is 0 Å². The van der Waals surface area contributed by atoms with Crippen LogP contribution < -0.4 is 9.46 Å². The topological polar surface area (TPSA) is 55.4 Å². The van der Waals surface area contributed by atoms with Crippen LogP contribution in [0.4, 0.5) is 0 Å². The molecule has 2 aromatic carbocycles. The van der Waals surface area contributed by atoms with Gasteiger partial charge in [-0.05, 0) is 36.1 Å². The van der Waals surface area contributed by atoms with Gasteiger partial charge in [0.25, 0.3) is 0 Å². The Bertz CT molecular complexity index is 793. The third-order valence-electron chi connectivity index (χ3n) is 3.92. The molecule has 5 heteroatoms. The number of benzene rings is 2. The van der Waals surface area contributed by atoms with Gasteiger partial charge in [-0.25, -0.2) is 13.1 Å². The number of hydrogen-bond donors (Lipinski definition) is 1. The summed E-state index contributed by atoms with van der Waals surface area (Å²) in [4.78, 5) is 0.246. The van der Waals surface area contributed by atoms with E-state index in [-0.39, 0.29) is 16.4 Å². The monoisotopic (exact) mass is 347 g/mol. The van der Waals surface area contributed by atoms with Crippen molar-refractivity contribution in [3.63, 3.8) is 0 Å². The van der Waals surface area contributed by atoms with Gasteiger partial charge in [0.05, 0.1) is 12.0 Å². The minimum Gasteiger partial charge on any atom is -0.496 e. The lowest BCUT2D eigenvalue weighted by Crippen LogP contribution is -2.27. The average molecular weight is 347 g/mol. The Morgan fingerprint density at radius 1 is 1.04 bits per heavy atom. The molecule has 1 atom stereocenters. The summed E-state index contributed by atoms with van der Waals surface area (Å²) in [6, 6.07) is 14.2. The third kappa shape index (κ3) is 4.16. The number of hydrogen-bond acceptors (Lipinski definition) is 3. The molecule has 1 N–H and O–H groups in total. The highest BCUT2D eigenvalue weighted by molar-refractivity contribution is 7.89. The normalized spacial score (nSPS) is 13.5. The highest BCUT2D eigenvalue weighted by Gasteiger charge is 2.24. The van der Waals surface area contributed by atoms with Gasteiger partial charge in [0.1, 0.15) is 5.75 Å². The SMILES string of the molecule is COc1ccc(S(=O)(=O)NC(C)c2ccccc2)cc1C(C)(C)C. The van der Waals surface area contributed by atoms with E-state index in [4.69, 9.17) is 4.74 Å². The van der Waals surface area contributed by atoms with Crippen LogP contribution in [-0.2, 0) is 15.4 Å². The molecule has 130 valence electrons. The minimum atomic E-state index is -3.62. The molecule has 0 spiro atoms. The fraction of sp³-hybridized carbons (Fsp3) is 0.368. The van der Waals surface area contributed by atoms with Gasteiger partial charge in [0.15, 0.2) is 0 Å². The van der Waals surface area contributed by atoms with Crippen LogP contribution in [0.5, 0.6) is 5.75 Å². The summed E-state index contributed by atoms with van der Waals surface area (Å²) in [5, 5.41) is 0. The summed E-state index contributed by atoms with van der Waals surface area (Å²) in [5.41, 5.74) is 1.56. The molecule has 0 fully saturated rings. The zero-order valence-corrected chi connectivity index (χ0v) is 15.6. The molecular formula is C19H25NO3S. The lowest BCUT2D eigenvalue weighted by Gasteiger charge is -2.23. The summed E-state index contributed by atoms with van der Waals surface area (Å²) in [6.07, 6.45) is 0. The van der Waals surface area contributed by atoms with E-state index in [9.17, 15) is 8.42 Å².